The number of rotatable bonds is 6. The van der Waals surface area contributed by atoms with Gasteiger partial charge in [0.05, 0.1) is 5.69 Å². The van der Waals surface area contributed by atoms with Crippen molar-refractivity contribution < 1.29 is 4.39 Å². The Hall–Kier alpha value is -1.19. The Morgan fingerprint density at radius 2 is 2.00 bits per heavy atom. The van der Waals surface area contributed by atoms with Gasteiger partial charge in [-0.1, -0.05) is 20.8 Å². The maximum atomic E-state index is 13.7. The van der Waals surface area contributed by atoms with Gasteiger partial charge in [-0.2, -0.15) is 0 Å². The molecule has 0 aliphatic rings. The van der Waals surface area contributed by atoms with Crippen molar-refractivity contribution in [2.24, 2.45) is 5.92 Å². The van der Waals surface area contributed by atoms with E-state index in [4.69, 9.17) is 0 Å². The molecule has 1 N–H and O–H groups in total. The van der Waals surface area contributed by atoms with Gasteiger partial charge in [-0.3, -0.25) is 0 Å². The average Bonchev–Trinajstić information content (AvgIpc) is 2.28. The second-order valence-electron chi connectivity index (χ2n) is 4.75. The molecule has 0 aliphatic heterocycles. The number of nitrogens with one attached hydrogen (secondary N) is 1. The standard InChI is InChI=1S/C13H22FN3/c1-5-8-15-13-12(14)10(4)16-11(17-13)7-6-9(2)3/h9H,5-8H2,1-4H3,(H,15,16,17). The molecule has 3 nitrogen and oxygen atoms in total. The molecule has 17 heavy (non-hydrogen) atoms. The van der Waals surface area contributed by atoms with Crippen LogP contribution in [0.1, 0.15) is 45.1 Å². The molecule has 0 unspecified atom stereocenters. The maximum absolute atomic E-state index is 13.7. The Kier molecular flexibility index (Phi) is 5.32. The summed E-state index contributed by atoms with van der Waals surface area (Å²) in [5.74, 6) is 1.36. The van der Waals surface area contributed by atoms with Crippen LogP contribution in [0.25, 0.3) is 0 Å². The lowest BCUT2D eigenvalue weighted by Gasteiger charge is -2.10. The molecule has 0 fully saturated rings. The SMILES string of the molecule is CCCNc1nc(CCC(C)C)nc(C)c1F. The van der Waals surface area contributed by atoms with Gasteiger partial charge >= 0.3 is 0 Å². The summed E-state index contributed by atoms with van der Waals surface area (Å²) in [5, 5.41) is 3.01. The van der Waals surface area contributed by atoms with Gasteiger partial charge in [-0.05, 0) is 25.7 Å². The van der Waals surface area contributed by atoms with Crippen molar-refractivity contribution in [3.63, 3.8) is 0 Å². The fraction of sp³-hybridized carbons (Fsp3) is 0.692. The van der Waals surface area contributed by atoms with E-state index < -0.39 is 0 Å². The van der Waals surface area contributed by atoms with E-state index in [-0.39, 0.29) is 5.82 Å². The third-order valence-corrected chi connectivity index (χ3v) is 2.55. The zero-order valence-corrected chi connectivity index (χ0v) is 11.2. The van der Waals surface area contributed by atoms with E-state index in [0.29, 0.717) is 17.4 Å². The van der Waals surface area contributed by atoms with Crippen LogP contribution in [0, 0.1) is 18.7 Å². The van der Waals surface area contributed by atoms with Crippen molar-refractivity contribution in [2.75, 3.05) is 11.9 Å². The van der Waals surface area contributed by atoms with Crippen LogP contribution in [0.5, 0.6) is 0 Å². The topological polar surface area (TPSA) is 37.8 Å². The summed E-state index contributed by atoms with van der Waals surface area (Å²) in [6.07, 6.45) is 2.78. The quantitative estimate of drug-likeness (QED) is 0.827. The predicted octanol–water partition coefficient (Wildman–Crippen LogP) is 3.33. The van der Waals surface area contributed by atoms with Gasteiger partial charge in [0, 0.05) is 13.0 Å². The highest BCUT2D eigenvalue weighted by Gasteiger charge is 2.11. The zero-order valence-electron chi connectivity index (χ0n) is 11.2. The number of aryl methyl sites for hydroxylation is 2. The van der Waals surface area contributed by atoms with E-state index >= 15 is 0 Å². The summed E-state index contributed by atoms with van der Waals surface area (Å²) < 4.78 is 13.7. The molecule has 1 heterocycles. The first kappa shape index (κ1) is 13.9. The number of anilines is 1. The summed E-state index contributed by atoms with van der Waals surface area (Å²) in [5.41, 5.74) is 0.428. The van der Waals surface area contributed by atoms with E-state index in [1.165, 1.54) is 0 Å². The Morgan fingerprint density at radius 1 is 1.29 bits per heavy atom. The third-order valence-electron chi connectivity index (χ3n) is 2.55. The molecule has 0 saturated heterocycles. The molecule has 1 aromatic rings. The summed E-state index contributed by atoms with van der Waals surface area (Å²) in [6, 6.07) is 0. The molecule has 0 atom stereocenters. The summed E-state index contributed by atoms with van der Waals surface area (Å²) in [4.78, 5) is 8.43. The molecule has 1 rings (SSSR count). The number of nitrogens with zero attached hydrogens (tertiary/aromatic N) is 2. The number of hydrogen-bond donors (Lipinski definition) is 1. The zero-order chi connectivity index (χ0) is 12.8. The first-order valence-corrected chi connectivity index (χ1v) is 6.31. The van der Waals surface area contributed by atoms with Gasteiger partial charge in [0.25, 0.3) is 0 Å². The molecule has 4 heteroatoms. The molecular weight excluding hydrogens is 217 g/mol. The number of aromatic nitrogens is 2. The lowest BCUT2D eigenvalue weighted by Crippen LogP contribution is -2.10. The highest BCUT2D eigenvalue weighted by Crippen LogP contribution is 2.15. The number of halogens is 1. The fourth-order valence-electron chi connectivity index (χ4n) is 1.51. The average molecular weight is 239 g/mol. The van der Waals surface area contributed by atoms with Crippen LogP contribution in [0.3, 0.4) is 0 Å². The first-order valence-electron chi connectivity index (χ1n) is 6.31. The van der Waals surface area contributed by atoms with Crippen molar-refractivity contribution in [1.82, 2.24) is 9.97 Å². The number of hydrogen-bond acceptors (Lipinski definition) is 3. The Balaban J connectivity index is 2.81. The molecule has 0 aliphatic carbocycles. The van der Waals surface area contributed by atoms with Gasteiger partial charge in [0.2, 0.25) is 0 Å². The minimum atomic E-state index is -0.327. The van der Waals surface area contributed by atoms with E-state index in [2.05, 4.69) is 29.1 Å². The maximum Gasteiger partial charge on any atom is 0.186 e. The second kappa shape index (κ2) is 6.52. The molecule has 0 radical (unpaired) electrons. The third kappa shape index (κ3) is 4.29. The van der Waals surface area contributed by atoms with Crippen LogP contribution in [-0.2, 0) is 6.42 Å². The van der Waals surface area contributed by atoms with Crippen molar-refractivity contribution in [3.8, 4) is 0 Å². The van der Waals surface area contributed by atoms with E-state index in [1.54, 1.807) is 6.92 Å². The second-order valence-corrected chi connectivity index (χ2v) is 4.75. The van der Waals surface area contributed by atoms with Crippen molar-refractivity contribution in [3.05, 3.63) is 17.3 Å². The highest BCUT2D eigenvalue weighted by molar-refractivity contribution is 5.38. The van der Waals surface area contributed by atoms with Crippen molar-refractivity contribution in [2.45, 2.75) is 47.0 Å². The molecule has 0 aromatic carbocycles. The smallest absolute Gasteiger partial charge is 0.186 e. The minimum Gasteiger partial charge on any atom is -0.368 e. The van der Waals surface area contributed by atoms with Gasteiger partial charge in [0.1, 0.15) is 5.82 Å². The molecular formula is C13H22FN3. The molecule has 96 valence electrons. The van der Waals surface area contributed by atoms with Gasteiger partial charge in [-0.15, -0.1) is 0 Å². The molecule has 0 saturated carbocycles. The fourth-order valence-corrected chi connectivity index (χ4v) is 1.51. The van der Waals surface area contributed by atoms with Crippen LogP contribution in [0.2, 0.25) is 0 Å². The van der Waals surface area contributed by atoms with Gasteiger partial charge in [0.15, 0.2) is 11.6 Å². The van der Waals surface area contributed by atoms with E-state index in [0.717, 1.165) is 31.6 Å². The van der Waals surface area contributed by atoms with Crippen molar-refractivity contribution in [1.29, 1.82) is 0 Å². The van der Waals surface area contributed by atoms with E-state index in [1.807, 2.05) is 6.92 Å². The Bertz CT molecular complexity index is 364. The van der Waals surface area contributed by atoms with Crippen LogP contribution < -0.4 is 5.32 Å². The van der Waals surface area contributed by atoms with Gasteiger partial charge in [-0.25, -0.2) is 14.4 Å². The lowest BCUT2D eigenvalue weighted by molar-refractivity contribution is 0.562. The monoisotopic (exact) mass is 239 g/mol. The normalized spacial score (nSPS) is 10.9. The Morgan fingerprint density at radius 3 is 2.59 bits per heavy atom. The minimum absolute atomic E-state index is 0.327. The Labute approximate surface area is 103 Å². The summed E-state index contributed by atoms with van der Waals surface area (Å²) in [7, 11) is 0. The predicted molar refractivity (Wildman–Crippen MR) is 68.7 cm³/mol. The molecule has 1 aromatic heterocycles. The van der Waals surface area contributed by atoms with Crippen LogP contribution in [0.15, 0.2) is 0 Å². The largest absolute Gasteiger partial charge is 0.368 e. The molecule has 0 amide bonds. The van der Waals surface area contributed by atoms with Gasteiger partial charge < -0.3 is 5.32 Å². The summed E-state index contributed by atoms with van der Waals surface area (Å²) in [6.45, 7) is 8.78. The van der Waals surface area contributed by atoms with Crippen LogP contribution in [0.4, 0.5) is 10.2 Å². The molecule has 0 bridgehead atoms. The molecule has 0 spiro atoms. The summed E-state index contributed by atoms with van der Waals surface area (Å²) >= 11 is 0. The van der Waals surface area contributed by atoms with Crippen LogP contribution >= 0.6 is 0 Å². The first-order chi connectivity index (χ1) is 8.04. The lowest BCUT2D eigenvalue weighted by atomic mass is 10.1. The highest BCUT2D eigenvalue weighted by atomic mass is 19.1. The van der Waals surface area contributed by atoms with E-state index in [9.17, 15) is 4.39 Å². The van der Waals surface area contributed by atoms with Crippen molar-refractivity contribution >= 4 is 5.82 Å². The van der Waals surface area contributed by atoms with Crippen LogP contribution in [-0.4, -0.2) is 16.5 Å².